The number of hydrogen-bond donors (Lipinski definition) is 1. The Hall–Kier alpha value is -2.07. The Morgan fingerprint density at radius 2 is 2.00 bits per heavy atom. The average Bonchev–Trinajstić information content (AvgIpc) is 2.76. The van der Waals surface area contributed by atoms with Crippen LogP contribution in [0.5, 0.6) is 0 Å². The van der Waals surface area contributed by atoms with E-state index in [4.69, 9.17) is 17.3 Å². The van der Waals surface area contributed by atoms with Gasteiger partial charge in [-0.1, -0.05) is 17.7 Å². The number of anilines is 1. The second-order valence-electron chi connectivity index (χ2n) is 5.24. The summed E-state index contributed by atoms with van der Waals surface area (Å²) in [5.41, 5.74) is 8.76. The molecule has 0 aliphatic carbocycles. The molecule has 2 N–H and O–H groups in total. The Morgan fingerprint density at radius 1 is 1.24 bits per heavy atom. The molecule has 3 aromatic rings. The van der Waals surface area contributed by atoms with Gasteiger partial charge in [0.1, 0.15) is 11.6 Å². The van der Waals surface area contributed by atoms with Crippen LogP contribution in [0.1, 0.15) is 19.9 Å². The number of imidazole rings is 1. The van der Waals surface area contributed by atoms with Gasteiger partial charge in [-0.2, -0.15) is 0 Å². The van der Waals surface area contributed by atoms with Crippen LogP contribution >= 0.6 is 11.6 Å². The molecule has 0 spiro atoms. The highest BCUT2D eigenvalue weighted by Crippen LogP contribution is 2.36. The van der Waals surface area contributed by atoms with E-state index in [1.807, 2.05) is 18.4 Å². The molecule has 0 saturated heterocycles. The molecular weight excluding hydrogens is 289 g/mol. The molecule has 0 saturated carbocycles. The minimum absolute atomic E-state index is 0.145. The molecule has 3 rings (SSSR count). The van der Waals surface area contributed by atoms with Gasteiger partial charge in [-0.05, 0) is 38.1 Å². The monoisotopic (exact) mass is 303 g/mol. The maximum Gasteiger partial charge on any atom is 0.144 e. The van der Waals surface area contributed by atoms with Crippen molar-refractivity contribution in [2.75, 3.05) is 5.73 Å². The van der Waals surface area contributed by atoms with Crippen LogP contribution in [-0.2, 0) is 0 Å². The molecule has 0 unspecified atom stereocenters. The second kappa shape index (κ2) is 5.04. The Labute approximate surface area is 127 Å². The molecule has 0 atom stereocenters. The molecule has 0 aliphatic heterocycles. The van der Waals surface area contributed by atoms with Gasteiger partial charge in [-0.25, -0.2) is 9.37 Å². The third kappa shape index (κ3) is 2.25. The predicted octanol–water partition coefficient (Wildman–Crippen LogP) is 4.66. The van der Waals surface area contributed by atoms with Gasteiger partial charge in [0.2, 0.25) is 0 Å². The highest BCUT2D eigenvalue weighted by atomic mass is 35.5. The first kappa shape index (κ1) is 13.9. The Morgan fingerprint density at radius 3 is 2.67 bits per heavy atom. The lowest BCUT2D eigenvalue weighted by Gasteiger charge is -2.15. The molecular formula is C16H15ClFN3. The van der Waals surface area contributed by atoms with Crippen molar-refractivity contribution in [3.63, 3.8) is 0 Å². The topological polar surface area (TPSA) is 43.8 Å². The summed E-state index contributed by atoms with van der Waals surface area (Å²) in [5, 5.41) is 0.535. The van der Waals surface area contributed by atoms with Gasteiger partial charge in [0.25, 0.3) is 0 Å². The molecule has 0 amide bonds. The van der Waals surface area contributed by atoms with Crippen molar-refractivity contribution in [2.24, 2.45) is 0 Å². The van der Waals surface area contributed by atoms with E-state index in [9.17, 15) is 4.39 Å². The molecule has 108 valence electrons. The van der Waals surface area contributed by atoms with Gasteiger partial charge >= 0.3 is 0 Å². The zero-order valence-electron chi connectivity index (χ0n) is 11.8. The molecule has 1 aromatic heterocycles. The van der Waals surface area contributed by atoms with Crippen molar-refractivity contribution < 1.29 is 4.39 Å². The van der Waals surface area contributed by atoms with Gasteiger partial charge in [-0.3, -0.25) is 0 Å². The first-order chi connectivity index (χ1) is 9.99. The number of nitrogens with zero attached hydrogens (tertiary/aromatic N) is 2. The molecule has 2 aromatic carbocycles. The van der Waals surface area contributed by atoms with Crippen molar-refractivity contribution in [3.05, 3.63) is 47.2 Å². The molecule has 3 nitrogen and oxygen atoms in total. The number of benzene rings is 2. The molecule has 5 heteroatoms. The van der Waals surface area contributed by atoms with E-state index < -0.39 is 0 Å². The number of hydrogen-bond acceptors (Lipinski definition) is 2. The molecule has 0 radical (unpaired) electrons. The van der Waals surface area contributed by atoms with Crippen LogP contribution < -0.4 is 5.73 Å². The fraction of sp³-hybridized carbons (Fsp3) is 0.188. The lowest BCUT2D eigenvalue weighted by Crippen LogP contribution is -2.04. The molecule has 0 fully saturated rings. The number of halogens is 2. The number of nitrogens with two attached hydrogens (primary N) is 1. The van der Waals surface area contributed by atoms with Crippen molar-refractivity contribution in [2.45, 2.75) is 19.9 Å². The summed E-state index contributed by atoms with van der Waals surface area (Å²) in [6.07, 6.45) is 0. The summed E-state index contributed by atoms with van der Waals surface area (Å²) in [7, 11) is 0. The minimum Gasteiger partial charge on any atom is -0.398 e. The standard InChI is InChI=1S/C16H15ClFN3/c1-9(2)21-14-7-6-10(18)8-13(14)20-16(21)15-11(17)4-3-5-12(15)19/h3-9H,19H2,1-2H3. The van der Waals surface area contributed by atoms with Gasteiger partial charge in [-0.15, -0.1) is 0 Å². The van der Waals surface area contributed by atoms with Crippen LogP contribution in [0, 0.1) is 5.82 Å². The van der Waals surface area contributed by atoms with E-state index in [0.717, 1.165) is 5.52 Å². The summed E-state index contributed by atoms with van der Waals surface area (Å²) < 4.78 is 15.5. The Balaban J connectivity index is 2.39. The summed E-state index contributed by atoms with van der Waals surface area (Å²) in [6.45, 7) is 4.09. The largest absolute Gasteiger partial charge is 0.398 e. The van der Waals surface area contributed by atoms with Crippen LogP contribution in [0.3, 0.4) is 0 Å². The lowest BCUT2D eigenvalue weighted by atomic mass is 10.1. The van der Waals surface area contributed by atoms with Gasteiger partial charge in [0.05, 0.1) is 21.6 Å². The third-order valence-electron chi connectivity index (χ3n) is 3.44. The van der Waals surface area contributed by atoms with Gasteiger partial charge in [0.15, 0.2) is 0 Å². The van der Waals surface area contributed by atoms with Crippen LogP contribution in [0.2, 0.25) is 5.02 Å². The summed E-state index contributed by atoms with van der Waals surface area (Å²) >= 11 is 6.29. The van der Waals surface area contributed by atoms with Crippen molar-refractivity contribution >= 4 is 28.3 Å². The van der Waals surface area contributed by atoms with E-state index in [-0.39, 0.29) is 11.9 Å². The molecule has 21 heavy (non-hydrogen) atoms. The quantitative estimate of drug-likeness (QED) is 0.700. The first-order valence-corrected chi connectivity index (χ1v) is 7.08. The van der Waals surface area contributed by atoms with E-state index in [0.29, 0.717) is 27.6 Å². The fourth-order valence-corrected chi connectivity index (χ4v) is 2.81. The van der Waals surface area contributed by atoms with E-state index >= 15 is 0 Å². The Bertz CT molecular complexity index is 803. The molecule has 0 aliphatic rings. The second-order valence-corrected chi connectivity index (χ2v) is 5.64. The zero-order valence-corrected chi connectivity index (χ0v) is 12.5. The maximum absolute atomic E-state index is 13.4. The predicted molar refractivity (Wildman–Crippen MR) is 84.9 cm³/mol. The molecule has 1 heterocycles. The van der Waals surface area contributed by atoms with Gasteiger partial charge < -0.3 is 10.3 Å². The summed E-state index contributed by atoms with van der Waals surface area (Å²) in [6, 6.07) is 10.1. The molecule has 0 bridgehead atoms. The van der Waals surface area contributed by atoms with E-state index in [1.54, 1.807) is 24.3 Å². The highest BCUT2D eigenvalue weighted by Gasteiger charge is 2.19. The number of rotatable bonds is 2. The lowest BCUT2D eigenvalue weighted by molar-refractivity contribution is 0.620. The van der Waals surface area contributed by atoms with Crippen LogP contribution in [0.25, 0.3) is 22.4 Å². The maximum atomic E-state index is 13.4. The third-order valence-corrected chi connectivity index (χ3v) is 3.75. The number of aromatic nitrogens is 2. The van der Waals surface area contributed by atoms with Crippen LogP contribution in [0.15, 0.2) is 36.4 Å². The number of nitrogen functional groups attached to an aromatic ring is 1. The fourth-order valence-electron chi connectivity index (χ4n) is 2.55. The smallest absolute Gasteiger partial charge is 0.144 e. The summed E-state index contributed by atoms with van der Waals surface area (Å²) in [5.74, 6) is 0.350. The van der Waals surface area contributed by atoms with Crippen LogP contribution in [-0.4, -0.2) is 9.55 Å². The minimum atomic E-state index is -0.311. The first-order valence-electron chi connectivity index (χ1n) is 6.71. The summed E-state index contributed by atoms with van der Waals surface area (Å²) in [4.78, 5) is 4.55. The van der Waals surface area contributed by atoms with Gasteiger partial charge in [0, 0.05) is 17.8 Å². The average molecular weight is 304 g/mol. The van der Waals surface area contributed by atoms with Crippen molar-refractivity contribution in [1.29, 1.82) is 0 Å². The van der Waals surface area contributed by atoms with Crippen molar-refractivity contribution in [3.8, 4) is 11.4 Å². The van der Waals surface area contributed by atoms with E-state index in [2.05, 4.69) is 4.98 Å². The zero-order chi connectivity index (χ0) is 15.1. The van der Waals surface area contributed by atoms with Crippen LogP contribution in [0.4, 0.5) is 10.1 Å². The normalized spacial score (nSPS) is 11.5. The van der Waals surface area contributed by atoms with E-state index in [1.165, 1.54) is 12.1 Å². The number of fused-ring (bicyclic) bond motifs is 1. The van der Waals surface area contributed by atoms with Crippen molar-refractivity contribution in [1.82, 2.24) is 9.55 Å². The highest BCUT2D eigenvalue weighted by molar-refractivity contribution is 6.33. The SMILES string of the molecule is CC(C)n1c(-c2c(N)cccc2Cl)nc2cc(F)ccc21. The Kier molecular flexibility index (Phi) is 3.33.